The van der Waals surface area contributed by atoms with E-state index in [2.05, 4.69) is 19.7 Å². The molecular formula is C34H38F2N4O3. The van der Waals surface area contributed by atoms with Crippen molar-refractivity contribution >= 4 is 16.8 Å². The molecule has 9 heteroatoms. The molecule has 1 N–H and O–H groups in total. The number of aromatic nitrogens is 1. The van der Waals surface area contributed by atoms with Gasteiger partial charge in [-0.3, -0.25) is 14.6 Å². The highest BCUT2D eigenvalue weighted by Gasteiger charge is 2.38. The molecule has 4 heterocycles. The highest BCUT2D eigenvalue weighted by atomic mass is 19.1. The molecule has 0 radical (unpaired) electrons. The number of nitrogens with zero attached hydrogens (tertiary/aromatic N) is 3. The number of benzene rings is 3. The average molecular weight is 589 g/mol. The van der Waals surface area contributed by atoms with E-state index in [1.807, 2.05) is 24.4 Å². The molecule has 43 heavy (non-hydrogen) atoms. The van der Waals surface area contributed by atoms with Gasteiger partial charge in [0.1, 0.15) is 29.7 Å². The van der Waals surface area contributed by atoms with Crippen LogP contribution in [0.1, 0.15) is 35.2 Å². The number of ether oxygens (including phenoxy) is 2. The number of hydrogen-bond donors (Lipinski definition) is 1. The van der Waals surface area contributed by atoms with Gasteiger partial charge in [0.15, 0.2) is 0 Å². The third kappa shape index (κ3) is 6.68. The van der Waals surface area contributed by atoms with Crippen LogP contribution in [0.15, 0.2) is 72.9 Å². The van der Waals surface area contributed by atoms with Gasteiger partial charge in [-0.1, -0.05) is 24.3 Å². The first-order chi connectivity index (χ1) is 21.0. The first-order valence-corrected chi connectivity index (χ1v) is 15.0. The second-order valence-corrected chi connectivity index (χ2v) is 11.4. The number of piperidine rings is 2. The van der Waals surface area contributed by atoms with Crippen molar-refractivity contribution in [2.45, 2.75) is 44.4 Å². The highest BCUT2D eigenvalue weighted by Crippen LogP contribution is 2.32. The molecular weight excluding hydrogens is 550 g/mol. The zero-order chi connectivity index (χ0) is 29.8. The van der Waals surface area contributed by atoms with E-state index in [4.69, 9.17) is 9.47 Å². The van der Waals surface area contributed by atoms with Crippen LogP contribution in [0.4, 0.5) is 8.78 Å². The molecule has 0 spiro atoms. The lowest BCUT2D eigenvalue weighted by Crippen LogP contribution is -2.63. The van der Waals surface area contributed by atoms with E-state index >= 15 is 0 Å². The molecule has 3 fully saturated rings. The van der Waals surface area contributed by atoms with Crippen molar-refractivity contribution in [2.24, 2.45) is 0 Å². The Hall–Kier alpha value is -3.95. The Morgan fingerprint density at radius 1 is 0.907 bits per heavy atom. The predicted molar refractivity (Wildman–Crippen MR) is 163 cm³/mol. The number of carbonyl (C=O) groups is 1. The first-order valence-electron chi connectivity index (χ1n) is 15.0. The van der Waals surface area contributed by atoms with Crippen LogP contribution in [-0.2, 0) is 13.1 Å². The molecule has 3 aromatic carbocycles. The Morgan fingerprint density at radius 2 is 1.65 bits per heavy atom. The van der Waals surface area contributed by atoms with Crippen molar-refractivity contribution in [1.29, 1.82) is 0 Å². The number of carbonyl (C=O) groups excluding carboxylic acids is 1. The third-order valence-electron chi connectivity index (χ3n) is 8.73. The molecule has 1 aromatic heterocycles. The molecule has 3 aliphatic heterocycles. The SMILES string of the molecule is COc1cccc2c(C(=O)NCc3cccc(F)c3)cn(CCCN3C[C@@H]4CC[C@H]3CN4CCOc3ccc(F)cc3)c12. The Labute approximate surface area is 251 Å². The van der Waals surface area contributed by atoms with E-state index in [0.29, 0.717) is 35.6 Å². The van der Waals surface area contributed by atoms with Crippen LogP contribution in [0.3, 0.4) is 0 Å². The summed E-state index contributed by atoms with van der Waals surface area (Å²) in [6.07, 6.45) is 5.27. The number of nitrogens with one attached hydrogen (secondary N) is 1. The van der Waals surface area contributed by atoms with E-state index in [0.717, 1.165) is 55.8 Å². The minimum atomic E-state index is -0.321. The Bertz CT molecular complexity index is 1560. The van der Waals surface area contributed by atoms with Crippen LogP contribution in [0.5, 0.6) is 11.5 Å². The van der Waals surface area contributed by atoms with Gasteiger partial charge in [-0.05, 0) is 67.3 Å². The van der Waals surface area contributed by atoms with Gasteiger partial charge < -0.3 is 19.4 Å². The maximum absolute atomic E-state index is 13.6. The number of amides is 1. The van der Waals surface area contributed by atoms with Crippen molar-refractivity contribution in [3.63, 3.8) is 0 Å². The van der Waals surface area contributed by atoms with E-state index in [1.54, 1.807) is 31.4 Å². The molecule has 7 rings (SSSR count). The molecule has 7 nitrogen and oxygen atoms in total. The van der Waals surface area contributed by atoms with Crippen molar-refractivity contribution in [2.75, 3.05) is 39.9 Å². The van der Waals surface area contributed by atoms with Gasteiger partial charge in [0.2, 0.25) is 0 Å². The molecule has 2 bridgehead atoms. The fourth-order valence-corrected chi connectivity index (χ4v) is 6.58. The van der Waals surface area contributed by atoms with Gasteiger partial charge in [-0.25, -0.2) is 8.78 Å². The molecule has 2 atom stereocenters. The fourth-order valence-electron chi connectivity index (χ4n) is 6.58. The summed E-state index contributed by atoms with van der Waals surface area (Å²) in [5.74, 6) is 0.661. The molecule has 1 amide bonds. The minimum Gasteiger partial charge on any atom is -0.495 e. The van der Waals surface area contributed by atoms with Crippen LogP contribution in [0.25, 0.3) is 10.9 Å². The van der Waals surface area contributed by atoms with Gasteiger partial charge in [0.25, 0.3) is 5.91 Å². The summed E-state index contributed by atoms with van der Waals surface area (Å²) in [7, 11) is 1.65. The second kappa shape index (κ2) is 13.1. The summed E-state index contributed by atoms with van der Waals surface area (Å²) in [6, 6.07) is 19.3. The maximum Gasteiger partial charge on any atom is 0.253 e. The van der Waals surface area contributed by atoms with Crippen molar-refractivity contribution in [3.8, 4) is 11.5 Å². The van der Waals surface area contributed by atoms with Gasteiger partial charge >= 0.3 is 0 Å². The van der Waals surface area contributed by atoms with E-state index in [9.17, 15) is 13.6 Å². The first kappa shape index (κ1) is 29.1. The largest absolute Gasteiger partial charge is 0.495 e. The number of halogens is 2. The van der Waals surface area contributed by atoms with Crippen molar-refractivity contribution in [3.05, 3.63) is 95.7 Å². The van der Waals surface area contributed by atoms with Crippen LogP contribution in [0.2, 0.25) is 0 Å². The van der Waals surface area contributed by atoms with Gasteiger partial charge in [0, 0.05) is 62.9 Å². The van der Waals surface area contributed by atoms with Gasteiger partial charge in [-0.2, -0.15) is 0 Å². The van der Waals surface area contributed by atoms with Crippen LogP contribution >= 0.6 is 0 Å². The van der Waals surface area contributed by atoms with Gasteiger partial charge in [0.05, 0.1) is 18.2 Å². The summed E-state index contributed by atoms with van der Waals surface area (Å²) in [5.41, 5.74) is 2.21. The molecule has 226 valence electrons. The lowest BCUT2D eigenvalue weighted by molar-refractivity contribution is -0.0259. The number of piperazine rings is 1. The highest BCUT2D eigenvalue weighted by molar-refractivity contribution is 6.08. The topological polar surface area (TPSA) is 59.0 Å². The summed E-state index contributed by atoms with van der Waals surface area (Å²) in [5, 5.41) is 3.78. The monoisotopic (exact) mass is 588 g/mol. The summed E-state index contributed by atoms with van der Waals surface area (Å²) >= 11 is 0. The quantitative estimate of drug-likeness (QED) is 0.238. The Kier molecular flexibility index (Phi) is 8.90. The number of fused-ring (bicyclic) bond motifs is 4. The minimum absolute atomic E-state index is 0.196. The Morgan fingerprint density at radius 3 is 2.37 bits per heavy atom. The van der Waals surface area contributed by atoms with E-state index in [-0.39, 0.29) is 24.1 Å². The van der Waals surface area contributed by atoms with Crippen LogP contribution in [-0.4, -0.2) is 72.3 Å². The predicted octanol–water partition coefficient (Wildman–Crippen LogP) is 5.48. The molecule has 3 aliphatic rings. The van der Waals surface area contributed by atoms with Crippen molar-refractivity contribution < 1.29 is 23.0 Å². The zero-order valence-corrected chi connectivity index (χ0v) is 24.5. The number of aryl methyl sites for hydroxylation is 1. The summed E-state index contributed by atoms with van der Waals surface area (Å²) < 4.78 is 40.4. The maximum atomic E-state index is 13.6. The number of para-hydroxylation sites is 1. The molecule has 4 aromatic rings. The lowest BCUT2D eigenvalue weighted by Gasteiger charge is -2.51. The normalized spacial score (nSPS) is 18.7. The van der Waals surface area contributed by atoms with Crippen LogP contribution in [0, 0.1) is 11.6 Å². The molecule has 0 saturated carbocycles. The van der Waals surface area contributed by atoms with E-state index < -0.39 is 0 Å². The summed E-state index contributed by atoms with van der Waals surface area (Å²) in [6.45, 7) is 5.54. The van der Waals surface area contributed by atoms with Crippen LogP contribution < -0.4 is 14.8 Å². The number of methoxy groups -OCH3 is 1. The Balaban J connectivity index is 1.05. The smallest absolute Gasteiger partial charge is 0.253 e. The fraction of sp³-hybridized carbons (Fsp3) is 0.382. The van der Waals surface area contributed by atoms with E-state index in [1.165, 1.54) is 37.1 Å². The average Bonchev–Trinajstić information content (AvgIpc) is 3.40. The number of rotatable bonds is 12. The van der Waals surface area contributed by atoms with Crippen molar-refractivity contribution in [1.82, 2.24) is 19.7 Å². The zero-order valence-electron chi connectivity index (χ0n) is 24.5. The molecule has 0 aliphatic carbocycles. The van der Waals surface area contributed by atoms with Gasteiger partial charge in [-0.15, -0.1) is 0 Å². The lowest BCUT2D eigenvalue weighted by atomic mass is 9.90. The molecule has 0 unspecified atom stereocenters. The standard InChI is InChI=1S/C34H38F2N4O3/c1-42-32-8-3-7-30-31(34(41)37-20-24-5-2-6-26(36)19-24)23-40(33(30)32)16-4-15-38-21-28-12-11-27(38)22-39(28)17-18-43-29-13-9-25(35)10-14-29/h2-3,5-10,13-14,19,23,27-28H,4,11-12,15-18,20-22H2,1H3,(H,37,41)/t27-,28-/m0/s1. The molecule has 3 saturated heterocycles. The third-order valence-corrected chi connectivity index (χ3v) is 8.73. The summed E-state index contributed by atoms with van der Waals surface area (Å²) in [4.78, 5) is 18.4. The second-order valence-electron chi connectivity index (χ2n) is 11.4. The number of hydrogen-bond acceptors (Lipinski definition) is 5.